The number of benzene rings is 3. The molecule has 1 aliphatic heterocycles. The fourth-order valence-corrected chi connectivity index (χ4v) is 3.41. The van der Waals surface area contributed by atoms with E-state index in [1.54, 1.807) is 91.0 Å². The Morgan fingerprint density at radius 3 is 1.62 bits per heavy atom. The molecule has 4 atom stereocenters. The summed E-state index contributed by atoms with van der Waals surface area (Å²) < 4.78 is 21.8. The lowest BCUT2D eigenvalue weighted by Gasteiger charge is -2.20. The highest BCUT2D eigenvalue weighted by Crippen LogP contribution is 2.27. The molecule has 0 aromatic heterocycles. The first kappa shape index (κ1) is 23.2. The van der Waals surface area contributed by atoms with E-state index in [-0.39, 0.29) is 17.7 Å². The molecule has 0 saturated carbocycles. The Balaban J connectivity index is 1.47. The van der Waals surface area contributed by atoms with Crippen molar-refractivity contribution in [1.82, 2.24) is 0 Å². The van der Waals surface area contributed by atoms with Crippen LogP contribution in [-0.2, 0) is 18.9 Å². The predicted molar refractivity (Wildman–Crippen MR) is 119 cm³/mol. The van der Waals surface area contributed by atoms with Gasteiger partial charge in [0.1, 0.15) is 12.7 Å². The topological polar surface area (TPSA) is 108 Å². The Hall–Kier alpha value is -4.01. The van der Waals surface area contributed by atoms with E-state index in [0.717, 1.165) is 0 Å². The Morgan fingerprint density at radius 1 is 0.676 bits per heavy atom. The van der Waals surface area contributed by atoms with E-state index >= 15 is 0 Å². The van der Waals surface area contributed by atoms with Gasteiger partial charge in [-0.15, -0.1) is 0 Å². The molecular weight excluding hydrogens is 440 g/mol. The van der Waals surface area contributed by atoms with Crippen LogP contribution in [-0.4, -0.2) is 54.2 Å². The van der Waals surface area contributed by atoms with Gasteiger partial charge in [-0.05, 0) is 36.4 Å². The largest absolute Gasteiger partial charge is 0.459 e. The fraction of sp³-hybridized carbons (Fsp3) is 0.192. The summed E-state index contributed by atoms with van der Waals surface area (Å²) in [6.07, 6.45) is -5.24. The van der Waals surface area contributed by atoms with Crippen molar-refractivity contribution in [3.63, 3.8) is 0 Å². The van der Waals surface area contributed by atoms with Gasteiger partial charge < -0.3 is 24.1 Å². The van der Waals surface area contributed by atoms with Crippen LogP contribution in [0.5, 0.6) is 0 Å². The summed E-state index contributed by atoms with van der Waals surface area (Å²) >= 11 is 0. The van der Waals surface area contributed by atoms with E-state index in [1.807, 2.05) is 0 Å². The van der Waals surface area contributed by atoms with Gasteiger partial charge in [0.15, 0.2) is 12.2 Å². The van der Waals surface area contributed by atoms with Gasteiger partial charge in [-0.3, -0.25) is 0 Å². The summed E-state index contributed by atoms with van der Waals surface area (Å²) in [6, 6.07) is 24.7. The van der Waals surface area contributed by atoms with E-state index in [4.69, 9.17) is 18.9 Å². The number of rotatable bonds is 7. The van der Waals surface area contributed by atoms with Crippen LogP contribution < -0.4 is 0 Å². The minimum atomic E-state index is -1.50. The van der Waals surface area contributed by atoms with E-state index in [9.17, 15) is 19.5 Å². The average molecular weight is 462 g/mol. The number of aliphatic hydroxyl groups is 1. The minimum absolute atomic E-state index is 0.259. The highest BCUT2D eigenvalue weighted by Gasteiger charge is 2.49. The van der Waals surface area contributed by atoms with Gasteiger partial charge in [-0.1, -0.05) is 54.6 Å². The second-order valence-electron chi connectivity index (χ2n) is 7.51. The fourth-order valence-electron chi connectivity index (χ4n) is 3.41. The Bertz CT molecular complexity index is 1120. The summed E-state index contributed by atoms with van der Waals surface area (Å²) in [5, 5.41) is 10.8. The number of carbonyl (C=O) groups is 3. The molecule has 1 fully saturated rings. The zero-order chi connectivity index (χ0) is 23.9. The lowest BCUT2D eigenvalue weighted by Crippen LogP contribution is -2.40. The zero-order valence-electron chi connectivity index (χ0n) is 18.0. The van der Waals surface area contributed by atoms with Gasteiger partial charge in [0.05, 0.1) is 16.7 Å². The highest BCUT2D eigenvalue weighted by atomic mass is 16.7. The highest BCUT2D eigenvalue weighted by molar-refractivity contribution is 5.90. The lowest BCUT2D eigenvalue weighted by atomic mass is 10.1. The van der Waals surface area contributed by atoms with Crippen LogP contribution in [0.1, 0.15) is 31.1 Å². The van der Waals surface area contributed by atoms with Crippen molar-refractivity contribution in [3.8, 4) is 0 Å². The van der Waals surface area contributed by atoms with Crippen LogP contribution >= 0.6 is 0 Å². The summed E-state index contributed by atoms with van der Waals surface area (Å²) in [6.45, 7) is -0.336. The Labute approximate surface area is 195 Å². The Morgan fingerprint density at radius 2 is 1.12 bits per heavy atom. The van der Waals surface area contributed by atoms with Gasteiger partial charge in [-0.25, -0.2) is 14.4 Å². The van der Waals surface area contributed by atoms with Crippen molar-refractivity contribution in [2.24, 2.45) is 0 Å². The maximum atomic E-state index is 12.6. The summed E-state index contributed by atoms with van der Waals surface area (Å²) in [5.74, 6) is -2.04. The van der Waals surface area contributed by atoms with Gasteiger partial charge in [0.25, 0.3) is 0 Å². The number of aliphatic hydroxyl groups excluding tert-OH is 1. The van der Waals surface area contributed by atoms with Crippen LogP contribution in [0.3, 0.4) is 0 Å². The van der Waals surface area contributed by atoms with Crippen molar-refractivity contribution in [1.29, 1.82) is 0 Å². The average Bonchev–Trinajstić information content (AvgIpc) is 3.17. The molecule has 0 aliphatic carbocycles. The molecule has 0 amide bonds. The smallest absolute Gasteiger partial charge is 0.340 e. The molecule has 0 bridgehead atoms. The molecule has 174 valence electrons. The van der Waals surface area contributed by atoms with Crippen molar-refractivity contribution < 1.29 is 38.4 Å². The molecular formula is C26H22O8. The normalized spacial score (nSPS) is 21.4. The molecule has 3 aromatic carbocycles. The van der Waals surface area contributed by atoms with E-state index in [2.05, 4.69) is 0 Å². The molecule has 0 radical (unpaired) electrons. The predicted octanol–water partition coefficient (Wildman–Crippen LogP) is 3.01. The third-order valence-corrected chi connectivity index (χ3v) is 5.16. The van der Waals surface area contributed by atoms with Gasteiger partial charge >= 0.3 is 17.9 Å². The Kier molecular flexibility index (Phi) is 7.31. The van der Waals surface area contributed by atoms with Crippen LogP contribution in [0.4, 0.5) is 0 Å². The van der Waals surface area contributed by atoms with Gasteiger partial charge in [0, 0.05) is 0 Å². The third-order valence-electron chi connectivity index (χ3n) is 5.16. The summed E-state index contributed by atoms with van der Waals surface area (Å²) in [4.78, 5) is 37.4. The standard InChI is InChI=1S/C26H22O8/c27-21-22(33-24(29)18-12-6-2-7-13-18)20(16-31-23(28)17-10-4-1-5-11-17)32-26(21)34-25(30)19-14-8-3-9-15-19/h1-15,20-22,26-27H,16H2/t20-,21+,22-,26?/m1/s1. The molecule has 3 aromatic rings. The van der Waals surface area contributed by atoms with Crippen LogP contribution in [0.2, 0.25) is 0 Å². The minimum Gasteiger partial charge on any atom is -0.459 e. The number of carbonyl (C=O) groups excluding carboxylic acids is 3. The van der Waals surface area contributed by atoms with Crippen molar-refractivity contribution in [3.05, 3.63) is 108 Å². The first-order chi connectivity index (χ1) is 16.5. The number of hydrogen-bond donors (Lipinski definition) is 1. The summed E-state index contributed by atoms with van der Waals surface area (Å²) in [5.41, 5.74) is 0.848. The molecule has 1 heterocycles. The monoisotopic (exact) mass is 462 g/mol. The van der Waals surface area contributed by atoms with Crippen LogP contribution in [0.25, 0.3) is 0 Å². The van der Waals surface area contributed by atoms with Crippen LogP contribution in [0.15, 0.2) is 91.0 Å². The molecule has 8 heteroatoms. The van der Waals surface area contributed by atoms with E-state index in [1.165, 1.54) is 0 Å². The first-order valence-electron chi connectivity index (χ1n) is 10.6. The molecule has 4 rings (SSSR count). The molecule has 1 unspecified atom stereocenters. The van der Waals surface area contributed by atoms with Crippen molar-refractivity contribution in [2.45, 2.75) is 24.6 Å². The number of esters is 3. The maximum Gasteiger partial charge on any atom is 0.340 e. The second-order valence-corrected chi connectivity index (χ2v) is 7.51. The van der Waals surface area contributed by atoms with Gasteiger partial charge in [-0.2, -0.15) is 0 Å². The second kappa shape index (κ2) is 10.7. The quantitative estimate of drug-likeness (QED) is 0.422. The zero-order valence-corrected chi connectivity index (χ0v) is 18.0. The lowest BCUT2D eigenvalue weighted by molar-refractivity contribution is -0.139. The van der Waals surface area contributed by atoms with Crippen LogP contribution in [0, 0.1) is 0 Å². The van der Waals surface area contributed by atoms with E-state index < -0.39 is 42.5 Å². The summed E-state index contributed by atoms with van der Waals surface area (Å²) in [7, 11) is 0. The van der Waals surface area contributed by atoms with Gasteiger partial charge in [0.2, 0.25) is 6.29 Å². The maximum absolute atomic E-state index is 12.6. The van der Waals surface area contributed by atoms with Crippen molar-refractivity contribution in [2.75, 3.05) is 6.61 Å². The molecule has 1 saturated heterocycles. The molecule has 34 heavy (non-hydrogen) atoms. The number of ether oxygens (including phenoxy) is 4. The molecule has 8 nitrogen and oxygen atoms in total. The van der Waals surface area contributed by atoms with Crippen molar-refractivity contribution >= 4 is 17.9 Å². The molecule has 0 spiro atoms. The number of hydrogen-bond acceptors (Lipinski definition) is 8. The third kappa shape index (κ3) is 5.48. The molecule has 1 aliphatic rings. The molecule has 1 N–H and O–H groups in total. The first-order valence-corrected chi connectivity index (χ1v) is 10.6. The SMILES string of the molecule is O=C(OC[C@H]1OC(OC(=O)c2ccccc2)[C@@H](O)[C@@H]1OC(=O)c1ccccc1)c1ccccc1. The van der Waals surface area contributed by atoms with E-state index in [0.29, 0.717) is 5.56 Å².